The lowest BCUT2D eigenvalue weighted by molar-refractivity contribution is 1.51. The van der Waals surface area contributed by atoms with Crippen LogP contribution in [-0.2, 0) is 0 Å². The van der Waals surface area contributed by atoms with Gasteiger partial charge in [-0.2, -0.15) is 0 Å². The van der Waals surface area contributed by atoms with Crippen LogP contribution in [0.1, 0.15) is 6.92 Å². The van der Waals surface area contributed by atoms with E-state index in [1.165, 1.54) is 0 Å². The van der Waals surface area contributed by atoms with Crippen LogP contribution in [0.3, 0.4) is 0 Å². The smallest absolute Gasteiger partial charge is 0.147 e. The minimum absolute atomic E-state index is 0. The molecule has 0 aliphatic heterocycles. The highest BCUT2D eigenvalue weighted by Gasteiger charge is 1.38. The fraction of sp³-hybridized carbons (Fsp3) is 1.00. The van der Waals surface area contributed by atoms with Crippen LogP contribution >= 0.6 is 24.0 Å². The predicted octanol–water partition coefficient (Wildman–Crippen LogP) is 0.483. The predicted molar refractivity (Wildman–Crippen MR) is 33.6 cm³/mol. The molecule has 0 atom stereocenters. The fourth-order valence-electron chi connectivity index (χ4n) is 0. The number of hydrogen-bond donors (Lipinski definition) is 0. The summed E-state index contributed by atoms with van der Waals surface area (Å²) < 4.78 is 0. The molecule has 0 radical (unpaired) electrons. The van der Waals surface area contributed by atoms with Gasteiger partial charge in [-0.1, -0.05) is 6.92 Å². The van der Waals surface area contributed by atoms with Crippen LogP contribution in [0, 0.1) is 0 Å². The Bertz CT molecular complexity index is 7.61. The van der Waals surface area contributed by atoms with Crippen molar-refractivity contribution in [1.82, 2.24) is 0 Å². The van der Waals surface area contributed by atoms with Crippen molar-refractivity contribution in [1.29, 1.82) is 0 Å². The standard InChI is InChI=1S/C2H5Cl.Al.ClH.3H/c1-2-3;;;;;/h2H2,1H3;;1H;;;. The monoisotopic (exact) mass is 130 g/mol. The Balaban J connectivity index is -0.0000000200. The maximum Gasteiger partial charge on any atom is 0.187 e. The largest absolute Gasteiger partial charge is 0.187 e. The minimum Gasteiger partial charge on any atom is -0.147 e. The summed E-state index contributed by atoms with van der Waals surface area (Å²) in [6.45, 7) is 1.89. The summed E-state index contributed by atoms with van der Waals surface area (Å²) in [5.74, 6) is 0.722. The fourth-order valence-corrected chi connectivity index (χ4v) is 0. The van der Waals surface area contributed by atoms with Crippen LogP contribution in [0.4, 0.5) is 0 Å². The molecule has 34 valence electrons. The Hall–Kier alpha value is 1.11. The van der Waals surface area contributed by atoms with E-state index in [2.05, 4.69) is 0 Å². The molecule has 0 aliphatic rings. The zero-order valence-electron chi connectivity index (χ0n) is 2.49. The van der Waals surface area contributed by atoms with Crippen LogP contribution in [0.25, 0.3) is 0 Å². The second-order valence-corrected chi connectivity index (χ2v) is 0.802. The first-order valence-electron chi connectivity index (χ1n) is 0.974. The van der Waals surface area contributed by atoms with Crippen molar-refractivity contribution in [2.75, 3.05) is 5.88 Å². The van der Waals surface area contributed by atoms with E-state index in [-0.39, 0.29) is 29.8 Å². The molecule has 0 aromatic heterocycles. The van der Waals surface area contributed by atoms with E-state index in [0.29, 0.717) is 0 Å². The molecule has 0 N–H and O–H groups in total. The van der Waals surface area contributed by atoms with Gasteiger partial charge in [0.1, 0.15) is 0 Å². The van der Waals surface area contributed by atoms with E-state index in [4.69, 9.17) is 11.6 Å². The Labute approximate surface area is 54.4 Å². The maximum absolute atomic E-state index is 5.00. The highest BCUT2D eigenvalue weighted by molar-refractivity contribution is 6.17. The van der Waals surface area contributed by atoms with Gasteiger partial charge in [-0.3, -0.25) is 0 Å². The van der Waals surface area contributed by atoms with Gasteiger partial charge < -0.3 is 0 Å². The second kappa shape index (κ2) is 19.4. The SMILES string of the molecule is CCCl.Cl.[AlH3]. The molecule has 0 rings (SSSR count). The molecule has 5 heavy (non-hydrogen) atoms. The van der Waals surface area contributed by atoms with Gasteiger partial charge >= 0.3 is 0 Å². The van der Waals surface area contributed by atoms with Crippen molar-refractivity contribution in [3.8, 4) is 0 Å². The van der Waals surface area contributed by atoms with Gasteiger partial charge in [0.15, 0.2) is 17.4 Å². The topological polar surface area (TPSA) is 0 Å². The molecule has 0 saturated heterocycles. The number of rotatable bonds is 0. The lowest BCUT2D eigenvalue weighted by atomic mass is 11.0. The van der Waals surface area contributed by atoms with E-state index < -0.39 is 0 Å². The summed E-state index contributed by atoms with van der Waals surface area (Å²) in [7, 11) is 0. The molecule has 0 heterocycles. The summed E-state index contributed by atoms with van der Waals surface area (Å²) in [4.78, 5) is 0. The average molecular weight is 131 g/mol. The Morgan fingerprint density at radius 3 is 1.60 bits per heavy atom. The first-order chi connectivity index (χ1) is 1.41. The van der Waals surface area contributed by atoms with Gasteiger partial charge in [0, 0.05) is 5.88 Å². The maximum atomic E-state index is 5.00. The molecule has 0 bridgehead atoms. The number of halogens is 2. The molecule has 0 aromatic carbocycles. The van der Waals surface area contributed by atoms with Crippen molar-refractivity contribution in [2.24, 2.45) is 0 Å². The van der Waals surface area contributed by atoms with E-state index in [1.807, 2.05) is 6.92 Å². The minimum atomic E-state index is 0. The van der Waals surface area contributed by atoms with Gasteiger partial charge in [-0.15, -0.1) is 24.0 Å². The zero-order chi connectivity index (χ0) is 2.71. The van der Waals surface area contributed by atoms with E-state index in [1.54, 1.807) is 0 Å². The Morgan fingerprint density at radius 1 is 1.60 bits per heavy atom. The van der Waals surface area contributed by atoms with Crippen molar-refractivity contribution in [3.05, 3.63) is 0 Å². The molecule has 0 aliphatic carbocycles. The summed E-state index contributed by atoms with van der Waals surface area (Å²) in [5.41, 5.74) is 0. The van der Waals surface area contributed by atoms with Crippen molar-refractivity contribution in [2.45, 2.75) is 6.92 Å². The highest BCUT2D eigenvalue weighted by Crippen LogP contribution is 1.59. The third kappa shape index (κ3) is 40.0. The molecule has 0 nitrogen and oxygen atoms in total. The van der Waals surface area contributed by atoms with Crippen molar-refractivity contribution < 1.29 is 0 Å². The molecule has 0 saturated carbocycles. The van der Waals surface area contributed by atoms with Crippen LogP contribution in [0.15, 0.2) is 0 Å². The number of alkyl halides is 1. The molecular weight excluding hydrogens is 122 g/mol. The van der Waals surface area contributed by atoms with E-state index in [9.17, 15) is 0 Å². The quantitative estimate of drug-likeness (QED) is 0.331. The Morgan fingerprint density at radius 2 is 1.60 bits per heavy atom. The lowest BCUT2D eigenvalue weighted by Crippen LogP contribution is -1.36. The molecule has 0 fully saturated rings. The van der Waals surface area contributed by atoms with Crippen LogP contribution in [-0.4, -0.2) is 23.2 Å². The first-order valence-corrected chi connectivity index (χ1v) is 1.51. The zero-order valence-corrected chi connectivity index (χ0v) is 4.07. The van der Waals surface area contributed by atoms with Gasteiger partial charge in [-0.05, 0) is 0 Å². The van der Waals surface area contributed by atoms with E-state index in [0.717, 1.165) is 5.88 Å². The van der Waals surface area contributed by atoms with Crippen LogP contribution < -0.4 is 0 Å². The molecule has 3 heteroatoms. The second-order valence-electron chi connectivity index (χ2n) is 0.267. The normalized spacial score (nSPS) is 3.60. The van der Waals surface area contributed by atoms with Crippen molar-refractivity contribution >= 4 is 41.4 Å². The van der Waals surface area contributed by atoms with Gasteiger partial charge in [-0.25, -0.2) is 0 Å². The van der Waals surface area contributed by atoms with Gasteiger partial charge in [0.05, 0.1) is 0 Å². The summed E-state index contributed by atoms with van der Waals surface area (Å²) in [6, 6.07) is 0. The van der Waals surface area contributed by atoms with Gasteiger partial charge in [0.25, 0.3) is 0 Å². The van der Waals surface area contributed by atoms with Gasteiger partial charge in [0.2, 0.25) is 0 Å². The average Bonchev–Trinajstić information content (AvgIpc) is 0.918. The summed E-state index contributed by atoms with van der Waals surface area (Å²) >= 11 is 5.00. The lowest BCUT2D eigenvalue weighted by Gasteiger charge is -1.45. The van der Waals surface area contributed by atoms with Crippen LogP contribution in [0.2, 0.25) is 0 Å². The van der Waals surface area contributed by atoms with E-state index >= 15 is 0 Å². The summed E-state index contributed by atoms with van der Waals surface area (Å²) in [5, 5.41) is 0. The third-order valence-corrected chi connectivity index (χ3v) is 0. The van der Waals surface area contributed by atoms with Crippen LogP contribution in [0.5, 0.6) is 0 Å². The molecule has 0 spiro atoms. The van der Waals surface area contributed by atoms with Crippen molar-refractivity contribution in [3.63, 3.8) is 0 Å². The molecule has 0 aromatic rings. The summed E-state index contributed by atoms with van der Waals surface area (Å²) in [6.07, 6.45) is 0. The third-order valence-electron chi connectivity index (χ3n) is 0. The molecular formula is C2H9AlCl2. The Kier molecular flexibility index (Phi) is 63.9. The first kappa shape index (κ1) is 16.5. The highest BCUT2D eigenvalue weighted by atomic mass is 35.5. The molecule has 0 amide bonds. The molecule has 0 unspecified atom stereocenters. The number of hydrogen-bond acceptors (Lipinski definition) is 0.